The van der Waals surface area contributed by atoms with Crippen LogP contribution in [-0.4, -0.2) is 32.2 Å². The Bertz CT molecular complexity index is 509. The first-order chi connectivity index (χ1) is 8.79. The molecule has 18 heavy (non-hydrogen) atoms. The quantitative estimate of drug-likeness (QED) is 0.745. The van der Waals surface area contributed by atoms with Crippen LogP contribution >= 0.6 is 0 Å². The van der Waals surface area contributed by atoms with E-state index in [9.17, 15) is 4.79 Å². The molecule has 2 aromatic heterocycles. The van der Waals surface area contributed by atoms with Gasteiger partial charge in [-0.15, -0.1) is 0 Å². The molecule has 1 amide bonds. The van der Waals surface area contributed by atoms with Crippen molar-refractivity contribution in [2.24, 2.45) is 5.73 Å². The molecule has 0 saturated heterocycles. The van der Waals surface area contributed by atoms with Gasteiger partial charge in [-0.25, -0.2) is 4.98 Å². The summed E-state index contributed by atoms with van der Waals surface area (Å²) in [5.41, 5.74) is 6.49. The SMILES string of the molecule is NCCn1cnc(C(=O)NCc2cccnn2)c1. The van der Waals surface area contributed by atoms with Crippen molar-refractivity contribution in [3.8, 4) is 0 Å². The van der Waals surface area contributed by atoms with E-state index < -0.39 is 0 Å². The summed E-state index contributed by atoms with van der Waals surface area (Å²) < 4.78 is 1.78. The van der Waals surface area contributed by atoms with E-state index in [4.69, 9.17) is 5.73 Å². The first kappa shape index (κ1) is 12.2. The van der Waals surface area contributed by atoms with Gasteiger partial charge in [0.25, 0.3) is 5.91 Å². The molecule has 2 heterocycles. The minimum atomic E-state index is -0.239. The topological polar surface area (TPSA) is 98.7 Å². The summed E-state index contributed by atoms with van der Waals surface area (Å²) in [6, 6.07) is 3.56. The number of amides is 1. The van der Waals surface area contributed by atoms with Crippen LogP contribution in [-0.2, 0) is 13.1 Å². The monoisotopic (exact) mass is 246 g/mol. The first-order valence-corrected chi connectivity index (χ1v) is 5.56. The normalized spacial score (nSPS) is 10.3. The number of nitrogens with two attached hydrogens (primary N) is 1. The van der Waals surface area contributed by atoms with Crippen LogP contribution in [0.5, 0.6) is 0 Å². The highest BCUT2D eigenvalue weighted by molar-refractivity contribution is 5.91. The van der Waals surface area contributed by atoms with Gasteiger partial charge in [0.05, 0.1) is 18.6 Å². The first-order valence-electron chi connectivity index (χ1n) is 5.56. The molecule has 0 fully saturated rings. The van der Waals surface area contributed by atoms with Crippen molar-refractivity contribution < 1.29 is 4.79 Å². The van der Waals surface area contributed by atoms with Gasteiger partial charge in [-0.2, -0.15) is 10.2 Å². The van der Waals surface area contributed by atoms with Crippen molar-refractivity contribution in [2.45, 2.75) is 13.1 Å². The summed E-state index contributed by atoms with van der Waals surface area (Å²) in [5, 5.41) is 10.3. The smallest absolute Gasteiger partial charge is 0.271 e. The Balaban J connectivity index is 1.91. The van der Waals surface area contributed by atoms with Crippen LogP contribution in [0.15, 0.2) is 30.9 Å². The molecule has 7 nitrogen and oxygen atoms in total. The number of carbonyl (C=O) groups excluding carboxylic acids is 1. The van der Waals surface area contributed by atoms with Gasteiger partial charge < -0.3 is 15.6 Å². The number of rotatable bonds is 5. The fourth-order valence-electron chi connectivity index (χ4n) is 1.44. The molecule has 0 aliphatic rings. The van der Waals surface area contributed by atoms with E-state index in [0.29, 0.717) is 31.0 Å². The molecule has 3 N–H and O–H groups in total. The van der Waals surface area contributed by atoms with Crippen LogP contribution in [0.25, 0.3) is 0 Å². The van der Waals surface area contributed by atoms with Gasteiger partial charge >= 0.3 is 0 Å². The number of carbonyl (C=O) groups is 1. The number of nitrogens with zero attached hydrogens (tertiary/aromatic N) is 4. The van der Waals surface area contributed by atoms with Gasteiger partial charge in [-0.1, -0.05) is 0 Å². The predicted molar refractivity (Wildman–Crippen MR) is 64.5 cm³/mol. The number of nitrogens with one attached hydrogen (secondary N) is 1. The fourth-order valence-corrected chi connectivity index (χ4v) is 1.44. The Kier molecular flexibility index (Phi) is 3.98. The van der Waals surface area contributed by atoms with Crippen molar-refractivity contribution in [2.75, 3.05) is 6.54 Å². The maximum atomic E-state index is 11.8. The van der Waals surface area contributed by atoms with Gasteiger partial charge in [-0.3, -0.25) is 4.79 Å². The van der Waals surface area contributed by atoms with Gasteiger partial charge in [0, 0.05) is 25.5 Å². The summed E-state index contributed by atoms with van der Waals surface area (Å²) >= 11 is 0. The lowest BCUT2D eigenvalue weighted by Crippen LogP contribution is -2.23. The average molecular weight is 246 g/mol. The van der Waals surface area contributed by atoms with Crippen LogP contribution in [0.1, 0.15) is 16.2 Å². The third-order valence-corrected chi connectivity index (χ3v) is 2.31. The highest BCUT2D eigenvalue weighted by atomic mass is 16.1. The maximum Gasteiger partial charge on any atom is 0.271 e. The molecule has 0 aliphatic heterocycles. The standard InChI is InChI=1S/C11H14N6O/c12-3-5-17-7-10(14-8-17)11(18)13-6-9-2-1-4-15-16-9/h1-2,4,7-8H,3,5-6,12H2,(H,13,18). The second-order valence-corrected chi connectivity index (χ2v) is 3.68. The Morgan fingerprint density at radius 1 is 1.50 bits per heavy atom. The van der Waals surface area contributed by atoms with Gasteiger partial charge in [0.15, 0.2) is 0 Å². The second kappa shape index (κ2) is 5.87. The lowest BCUT2D eigenvalue weighted by Gasteiger charge is -2.01. The van der Waals surface area contributed by atoms with Crippen LogP contribution in [0.2, 0.25) is 0 Å². The molecular formula is C11H14N6O. The van der Waals surface area contributed by atoms with Crippen LogP contribution in [0.4, 0.5) is 0 Å². The summed E-state index contributed by atoms with van der Waals surface area (Å²) in [6.45, 7) is 1.48. The van der Waals surface area contributed by atoms with E-state index in [1.807, 2.05) is 0 Å². The molecule has 7 heteroatoms. The molecule has 2 rings (SSSR count). The lowest BCUT2D eigenvalue weighted by molar-refractivity contribution is 0.0945. The number of hydrogen-bond donors (Lipinski definition) is 2. The zero-order valence-electron chi connectivity index (χ0n) is 9.78. The van der Waals surface area contributed by atoms with E-state index in [2.05, 4.69) is 20.5 Å². The summed E-state index contributed by atoms with van der Waals surface area (Å²) in [6.07, 6.45) is 4.84. The zero-order valence-corrected chi connectivity index (χ0v) is 9.78. The molecule has 0 aliphatic carbocycles. The summed E-state index contributed by atoms with van der Waals surface area (Å²) in [4.78, 5) is 15.8. The van der Waals surface area contributed by atoms with Gasteiger partial charge in [0.1, 0.15) is 5.69 Å². The van der Waals surface area contributed by atoms with Crippen LogP contribution in [0.3, 0.4) is 0 Å². The molecule has 0 atom stereocenters. The van der Waals surface area contributed by atoms with Crippen LogP contribution < -0.4 is 11.1 Å². The van der Waals surface area contributed by atoms with E-state index in [1.165, 1.54) is 0 Å². The molecular weight excluding hydrogens is 232 g/mol. The Morgan fingerprint density at radius 2 is 2.39 bits per heavy atom. The molecule has 0 radical (unpaired) electrons. The van der Waals surface area contributed by atoms with Crippen molar-refractivity contribution >= 4 is 5.91 Å². The summed E-state index contributed by atoms with van der Waals surface area (Å²) in [7, 11) is 0. The maximum absolute atomic E-state index is 11.8. The van der Waals surface area contributed by atoms with Crippen molar-refractivity contribution in [3.05, 3.63) is 42.2 Å². The van der Waals surface area contributed by atoms with Crippen molar-refractivity contribution in [3.63, 3.8) is 0 Å². The lowest BCUT2D eigenvalue weighted by atomic mass is 10.3. The molecule has 0 unspecified atom stereocenters. The van der Waals surface area contributed by atoms with E-state index >= 15 is 0 Å². The van der Waals surface area contributed by atoms with Gasteiger partial charge in [0.2, 0.25) is 0 Å². The van der Waals surface area contributed by atoms with Crippen LogP contribution in [0, 0.1) is 0 Å². The Morgan fingerprint density at radius 3 is 3.11 bits per heavy atom. The minimum Gasteiger partial charge on any atom is -0.345 e. The summed E-state index contributed by atoms with van der Waals surface area (Å²) in [5.74, 6) is -0.239. The minimum absolute atomic E-state index is 0.239. The van der Waals surface area contributed by atoms with Gasteiger partial charge in [-0.05, 0) is 12.1 Å². The second-order valence-electron chi connectivity index (χ2n) is 3.68. The molecule has 94 valence electrons. The third-order valence-electron chi connectivity index (χ3n) is 2.31. The largest absolute Gasteiger partial charge is 0.345 e. The number of imidazole rings is 1. The van der Waals surface area contributed by atoms with E-state index in [1.54, 1.807) is 35.4 Å². The number of hydrogen-bond acceptors (Lipinski definition) is 5. The Hall–Kier alpha value is -2.28. The molecule has 0 bridgehead atoms. The third kappa shape index (κ3) is 3.11. The highest BCUT2D eigenvalue weighted by Crippen LogP contribution is 1.97. The fraction of sp³-hybridized carbons (Fsp3) is 0.273. The molecule has 0 spiro atoms. The average Bonchev–Trinajstić information content (AvgIpc) is 2.86. The van der Waals surface area contributed by atoms with Crippen molar-refractivity contribution in [1.82, 2.24) is 25.1 Å². The zero-order chi connectivity index (χ0) is 12.8. The molecule has 0 saturated carbocycles. The highest BCUT2D eigenvalue weighted by Gasteiger charge is 2.08. The molecule has 2 aromatic rings. The van der Waals surface area contributed by atoms with E-state index in [-0.39, 0.29) is 5.91 Å². The van der Waals surface area contributed by atoms with E-state index in [0.717, 1.165) is 0 Å². The molecule has 0 aromatic carbocycles. The van der Waals surface area contributed by atoms with Crippen molar-refractivity contribution in [1.29, 1.82) is 0 Å². The number of aromatic nitrogens is 4. The Labute approximate surface area is 104 Å². The predicted octanol–water partition coefficient (Wildman–Crippen LogP) is -0.438.